The van der Waals surface area contributed by atoms with Gasteiger partial charge >= 0.3 is 5.97 Å². The largest absolute Gasteiger partial charge is 0.448 e. The zero-order valence-corrected chi connectivity index (χ0v) is 12.1. The summed E-state index contributed by atoms with van der Waals surface area (Å²) in [5, 5.41) is 11.6. The van der Waals surface area contributed by atoms with Gasteiger partial charge in [0.1, 0.15) is 4.88 Å². The van der Waals surface area contributed by atoms with Gasteiger partial charge in [-0.15, -0.1) is 32.9 Å². The molecule has 0 bridgehead atoms. The van der Waals surface area contributed by atoms with Crippen molar-refractivity contribution in [1.29, 1.82) is 0 Å². The Morgan fingerprint density at radius 2 is 2.05 bits per heavy atom. The molecule has 0 saturated carbocycles. The van der Waals surface area contributed by atoms with Crippen LogP contribution >= 0.6 is 22.7 Å². The molecule has 20 heavy (non-hydrogen) atoms. The highest BCUT2D eigenvalue weighted by molar-refractivity contribution is 7.13. The standard InChI is InChI=1S/C13H10N2O3S2/c1-8(17-13(16)10-5-3-7-20-10)11-14-15-12(18-11)9-4-2-6-19-9/h2-8H,1H3/t8-/m1/s1. The number of thiophene rings is 2. The zero-order chi connectivity index (χ0) is 13.9. The quantitative estimate of drug-likeness (QED) is 0.686. The van der Waals surface area contributed by atoms with E-state index in [1.54, 1.807) is 19.1 Å². The third-order valence-electron chi connectivity index (χ3n) is 2.53. The van der Waals surface area contributed by atoms with E-state index in [2.05, 4.69) is 10.2 Å². The summed E-state index contributed by atoms with van der Waals surface area (Å²) in [5.41, 5.74) is 0. The van der Waals surface area contributed by atoms with Crippen molar-refractivity contribution in [3.05, 3.63) is 45.8 Å². The first-order chi connectivity index (χ1) is 9.74. The fraction of sp³-hybridized carbons (Fsp3) is 0.154. The van der Waals surface area contributed by atoms with E-state index in [0.717, 1.165) is 4.88 Å². The van der Waals surface area contributed by atoms with Gasteiger partial charge < -0.3 is 9.15 Å². The van der Waals surface area contributed by atoms with Crippen LogP contribution in [0.4, 0.5) is 0 Å². The lowest BCUT2D eigenvalue weighted by atomic mass is 10.4. The van der Waals surface area contributed by atoms with E-state index in [4.69, 9.17) is 9.15 Å². The van der Waals surface area contributed by atoms with Gasteiger partial charge in [-0.3, -0.25) is 0 Å². The zero-order valence-electron chi connectivity index (χ0n) is 10.5. The van der Waals surface area contributed by atoms with Crippen LogP contribution in [0.1, 0.15) is 28.6 Å². The summed E-state index contributed by atoms with van der Waals surface area (Å²) in [6.45, 7) is 1.71. The van der Waals surface area contributed by atoms with Crippen LogP contribution in [0.2, 0.25) is 0 Å². The summed E-state index contributed by atoms with van der Waals surface area (Å²) in [7, 11) is 0. The molecule has 3 aromatic rings. The van der Waals surface area contributed by atoms with Crippen molar-refractivity contribution in [2.45, 2.75) is 13.0 Å². The Labute approximate surface area is 122 Å². The van der Waals surface area contributed by atoms with E-state index < -0.39 is 6.10 Å². The Morgan fingerprint density at radius 1 is 1.25 bits per heavy atom. The molecule has 0 unspecified atom stereocenters. The van der Waals surface area contributed by atoms with Crippen molar-refractivity contribution < 1.29 is 13.9 Å². The SMILES string of the molecule is C[C@@H](OC(=O)c1cccs1)c1nnc(-c2cccs2)o1. The third-order valence-corrected chi connectivity index (χ3v) is 4.23. The smallest absolute Gasteiger partial charge is 0.349 e. The first kappa shape index (κ1) is 13.0. The van der Waals surface area contributed by atoms with E-state index >= 15 is 0 Å². The molecule has 0 aromatic carbocycles. The molecule has 0 aliphatic rings. The molecule has 0 radical (unpaired) electrons. The van der Waals surface area contributed by atoms with E-state index in [1.807, 2.05) is 22.9 Å². The number of esters is 1. The second-order valence-corrected chi connectivity index (χ2v) is 5.84. The average molecular weight is 306 g/mol. The number of nitrogens with zero attached hydrogens (tertiary/aromatic N) is 2. The second-order valence-electron chi connectivity index (χ2n) is 3.95. The van der Waals surface area contributed by atoms with Gasteiger partial charge in [0.25, 0.3) is 11.8 Å². The molecule has 7 heteroatoms. The minimum atomic E-state index is -0.578. The molecule has 1 atom stereocenters. The predicted octanol–water partition coefficient (Wildman–Crippen LogP) is 3.78. The highest BCUT2D eigenvalue weighted by Crippen LogP contribution is 2.26. The van der Waals surface area contributed by atoms with Crippen LogP contribution in [-0.4, -0.2) is 16.2 Å². The summed E-state index contributed by atoms with van der Waals surface area (Å²) < 4.78 is 10.8. The van der Waals surface area contributed by atoms with E-state index in [9.17, 15) is 4.79 Å². The monoisotopic (exact) mass is 306 g/mol. The van der Waals surface area contributed by atoms with Gasteiger partial charge in [-0.2, -0.15) is 0 Å². The van der Waals surface area contributed by atoms with Crippen LogP contribution in [0.15, 0.2) is 39.4 Å². The van der Waals surface area contributed by atoms with Crippen molar-refractivity contribution in [1.82, 2.24) is 10.2 Å². The summed E-state index contributed by atoms with van der Waals surface area (Å²) >= 11 is 2.84. The van der Waals surface area contributed by atoms with Crippen LogP contribution in [-0.2, 0) is 4.74 Å². The Hall–Kier alpha value is -1.99. The molecule has 3 rings (SSSR count). The Kier molecular flexibility index (Phi) is 3.62. The maximum absolute atomic E-state index is 11.8. The molecule has 0 N–H and O–H groups in total. The molecule has 0 fully saturated rings. The molecule has 0 saturated heterocycles. The average Bonchev–Trinajstić information content (AvgIpc) is 3.19. The van der Waals surface area contributed by atoms with Crippen LogP contribution in [0.25, 0.3) is 10.8 Å². The van der Waals surface area contributed by atoms with Gasteiger partial charge in [-0.05, 0) is 29.8 Å². The van der Waals surface area contributed by atoms with Gasteiger partial charge in [0, 0.05) is 0 Å². The van der Waals surface area contributed by atoms with Gasteiger partial charge in [-0.1, -0.05) is 12.1 Å². The third kappa shape index (κ3) is 2.63. The molecule has 0 aliphatic carbocycles. The maximum Gasteiger partial charge on any atom is 0.349 e. The number of hydrogen-bond donors (Lipinski definition) is 0. The minimum absolute atomic E-state index is 0.290. The second kappa shape index (κ2) is 5.56. The normalized spacial score (nSPS) is 12.2. The molecular formula is C13H10N2O3S2. The first-order valence-electron chi connectivity index (χ1n) is 5.86. The summed E-state index contributed by atoms with van der Waals surface area (Å²) in [4.78, 5) is 13.3. The number of ether oxygens (including phenoxy) is 1. The minimum Gasteiger partial charge on any atom is -0.448 e. The van der Waals surface area contributed by atoms with Gasteiger partial charge in [0.2, 0.25) is 0 Å². The molecule has 102 valence electrons. The van der Waals surface area contributed by atoms with Crippen LogP contribution in [0.5, 0.6) is 0 Å². The number of hydrogen-bond acceptors (Lipinski definition) is 7. The Morgan fingerprint density at radius 3 is 2.75 bits per heavy atom. The Balaban J connectivity index is 1.71. The predicted molar refractivity (Wildman–Crippen MR) is 75.8 cm³/mol. The summed E-state index contributed by atoms with van der Waals surface area (Å²) in [5.74, 6) is 0.343. The van der Waals surface area contributed by atoms with Crippen molar-refractivity contribution in [3.63, 3.8) is 0 Å². The number of aromatic nitrogens is 2. The van der Waals surface area contributed by atoms with E-state index in [0.29, 0.717) is 16.7 Å². The Bertz CT molecular complexity index is 689. The van der Waals surface area contributed by atoms with E-state index in [-0.39, 0.29) is 5.97 Å². The lowest BCUT2D eigenvalue weighted by Gasteiger charge is -2.07. The molecular weight excluding hydrogens is 296 g/mol. The molecule has 3 aromatic heterocycles. The summed E-state index contributed by atoms with van der Waals surface area (Å²) in [6.07, 6.45) is -0.578. The van der Waals surface area contributed by atoms with Crippen LogP contribution < -0.4 is 0 Å². The molecule has 0 aliphatic heterocycles. The van der Waals surface area contributed by atoms with Crippen molar-refractivity contribution in [3.8, 4) is 10.8 Å². The van der Waals surface area contributed by atoms with Gasteiger partial charge in [0.15, 0.2) is 6.10 Å². The number of rotatable bonds is 4. The highest BCUT2D eigenvalue weighted by atomic mass is 32.1. The van der Waals surface area contributed by atoms with Gasteiger partial charge in [-0.25, -0.2) is 4.79 Å². The fourth-order valence-electron chi connectivity index (χ4n) is 1.56. The lowest BCUT2D eigenvalue weighted by Crippen LogP contribution is -2.08. The molecule has 3 heterocycles. The maximum atomic E-state index is 11.8. The van der Waals surface area contributed by atoms with Crippen molar-refractivity contribution >= 4 is 28.6 Å². The van der Waals surface area contributed by atoms with Crippen LogP contribution in [0.3, 0.4) is 0 Å². The molecule has 0 spiro atoms. The molecule has 0 amide bonds. The van der Waals surface area contributed by atoms with Crippen molar-refractivity contribution in [2.75, 3.05) is 0 Å². The summed E-state index contributed by atoms with van der Waals surface area (Å²) in [6, 6.07) is 7.31. The number of carbonyl (C=O) groups excluding carboxylic acids is 1. The molecule has 5 nitrogen and oxygen atoms in total. The van der Waals surface area contributed by atoms with Crippen molar-refractivity contribution in [2.24, 2.45) is 0 Å². The lowest BCUT2D eigenvalue weighted by molar-refractivity contribution is 0.0286. The first-order valence-corrected chi connectivity index (χ1v) is 7.62. The highest BCUT2D eigenvalue weighted by Gasteiger charge is 2.20. The fourth-order valence-corrected chi connectivity index (χ4v) is 2.81. The van der Waals surface area contributed by atoms with Gasteiger partial charge in [0.05, 0.1) is 4.88 Å². The topological polar surface area (TPSA) is 65.2 Å². The van der Waals surface area contributed by atoms with E-state index in [1.165, 1.54) is 22.7 Å². The van der Waals surface area contributed by atoms with Crippen LogP contribution in [0, 0.1) is 0 Å². The number of carbonyl (C=O) groups is 1.